The minimum Gasteiger partial charge on any atom is -0.371 e. The van der Waals surface area contributed by atoms with Gasteiger partial charge in [0, 0.05) is 23.8 Å². The summed E-state index contributed by atoms with van der Waals surface area (Å²) < 4.78 is 18.7. The molecule has 1 aromatic carbocycles. The fourth-order valence-electron chi connectivity index (χ4n) is 3.28. The van der Waals surface area contributed by atoms with Crippen LogP contribution in [0.4, 0.5) is 4.39 Å². The average Bonchev–Trinajstić information content (AvgIpc) is 3.22. The molecule has 1 aromatic heterocycles. The third kappa shape index (κ3) is 3.03. The van der Waals surface area contributed by atoms with Crippen molar-refractivity contribution < 1.29 is 13.9 Å². The van der Waals surface area contributed by atoms with Gasteiger partial charge in [-0.05, 0) is 47.0 Å². The molecule has 0 spiro atoms. The van der Waals surface area contributed by atoms with Crippen molar-refractivity contribution in [3.63, 3.8) is 0 Å². The topological polar surface area (TPSA) is 38.3 Å². The SMILES string of the molecule is O=C(NC[C@@H]1OCCc2sccc21)[C@H]1C[C@H]1c1ccc(F)cc1. The summed E-state index contributed by atoms with van der Waals surface area (Å²) in [5, 5.41) is 5.11. The van der Waals surface area contributed by atoms with Crippen LogP contribution in [-0.2, 0) is 16.0 Å². The summed E-state index contributed by atoms with van der Waals surface area (Å²) in [6.45, 7) is 1.24. The molecule has 2 heterocycles. The zero-order valence-electron chi connectivity index (χ0n) is 12.6. The number of benzene rings is 1. The molecular weight excluding hydrogens is 313 g/mol. The highest BCUT2D eigenvalue weighted by Crippen LogP contribution is 2.47. The first kappa shape index (κ1) is 14.8. The fraction of sp³-hybridized carbons (Fsp3) is 0.389. The largest absolute Gasteiger partial charge is 0.371 e. The summed E-state index contributed by atoms with van der Waals surface area (Å²) in [5.41, 5.74) is 2.26. The van der Waals surface area contributed by atoms with Crippen molar-refractivity contribution in [3.05, 3.63) is 57.5 Å². The zero-order chi connectivity index (χ0) is 15.8. The Bertz CT molecular complexity index is 712. The van der Waals surface area contributed by atoms with Gasteiger partial charge in [-0.2, -0.15) is 0 Å². The molecule has 3 nitrogen and oxygen atoms in total. The molecular formula is C18H18FNO2S. The van der Waals surface area contributed by atoms with E-state index < -0.39 is 0 Å². The molecule has 5 heteroatoms. The molecule has 1 fully saturated rings. The summed E-state index contributed by atoms with van der Waals surface area (Å²) >= 11 is 1.76. The lowest BCUT2D eigenvalue weighted by Gasteiger charge is -2.23. The second-order valence-corrected chi connectivity index (χ2v) is 7.15. The van der Waals surface area contributed by atoms with Gasteiger partial charge in [-0.1, -0.05) is 12.1 Å². The Hall–Kier alpha value is -1.72. The van der Waals surface area contributed by atoms with Crippen molar-refractivity contribution >= 4 is 17.2 Å². The first-order chi connectivity index (χ1) is 11.2. The van der Waals surface area contributed by atoms with Gasteiger partial charge in [0.05, 0.1) is 6.61 Å². The smallest absolute Gasteiger partial charge is 0.223 e. The summed E-state index contributed by atoms with van der Waals surface area (Å²) in [6, 6.07) is 8.55. The maximum absolute atomic E-state index is 13.0. The highest BCUT2D eigenvalue weighted by Gasteiger charge is 2.44. The van der Waals surface area contributed by atoms with E-state index in [0.717, 1.165) is 25.0 Å². The van der Waals surface area contributed by atoms with Gasteiger partial charge in [0.2, 0.25) is 5.91 Å². The van der Waals surface area contributed by atoms with Crippen LogP contribution >= 0.6 is 11.3 Å². The molecule has 1 aliphatic heterocycles. The van der Waals surface area contributed by atoms with E-state index in [1.165, 1.54) is 22.6 Å². The fourth-order valence-corrected chi connectivity index (χ4v) is 4.20. The van der Waals surface area contributed by atoms with E-state index in [2.05, 4.69) is 16.8 Å². The normalized spacial score (nSPS) is 25.7. The van der Waals surface area contributed by atoms with E-state index in [1.54, 1.807) is 23.5 Å². The first-order valence-electron chi connectivity index (χ1n) is 7.93. The Morgan fingerprint density at radius 1 is 1.30 bits per heavy atom. The van der Waals surface area contributed by atoms with Crippen LogP contribution in [0.1, 0.15) is 34.4 Å². The second kappa shape index (κ2) is 6.06. The lowest BCUT2D eigenvalue weighted by Crippen LogP contribution is -2.32. The number of hydrogen-bond donors (Lipinski definition) is 1. The summed E-state index contributed by atoms with van der Waals surface area (Å²) in [5.74, 6) is 0.0623. The molecule has 1 N–H and O–H groups in total. The molecule has 2 aromatic rings. The van der Waals surface area contributed by atoms with Crippen molar-refractivity contribution in [2.45, 2.75) is 24.9 Å². The highest BCUT2D eigenvalue weighted by atomic mass is 32.1. The minimum absolute atomic E-state index is 0.00555. The number of carbonyl (C=O) groups is 1. The van der Waals surface area contributed by atoms with Gasteiger partial charge in [0.1, 0.15) is 11.9 Å². The lowest BCUT2D eigenvalue weighted by atomic mass is 10.1. The van der Waals surface area contributed by atoms with Gasteiger partial charge in [0.15, 0.2) is 0 Å². The van der Waals surface area contributed by atoms with Crippen LogP contribution in [0.25, 0.3) is 0 Å². The van der Waals surface area contributed by atoms with Gasteiger partial charge in [0.25, 0.3) is 0 Å². The van der Waals surface area contributed by atoms with Crippen LogP contribution < -0.4 is 5.32 Å². The second-order valence-electron chi connectivity index (χ2n) is 6.15. The highest BCUT2D eigenvalue weighted by molar-refractivity contribution is 7.10. The first-order valence-corrected chi connectivity index (χ1v) is 8.81. The Kier molecular flexibility index (Phi) is 3.91. The number of halogens is 1. The van der Waals surface area contributed by atoms with Crippen molar-refractivity contribution in [2.75, 3.05) is 13.2 Å². The molecule has 0 saturated heterocycles. The minimum atomic E-state index is -0.239. The lowest BCUT2D eigenvalue weighted by molar-refractivity contribution is -0.123. The standard InChI is InChI=1S/C18H18FNO2S/c19-12-3-1-11(2-4-12)14-9-15(14)18(21)20-10-16-13-6-8-23-17(13)5-7-22-16/h1-4,6,8,14-16H,5,7,9-10H2,(H,20,21)/t14-,15-,16-/m0/s1. The quantitative estimate of drug-likeness (QED) is 0.932. The predicted octanol–water partition coefficient (Wildman–Crippen LogP) is 3.42. The summed E-state index contributed by atoms with van der Waals surface area (Å²) in [6.07, 6.45) is 1.77. The summed E-state index contributed by atoms with van der Waals surface area (Å²) in [7, 11) is 0. The molecule has 0 bridgehead atoms. The number of nitrogens with one attached hydrogen (secondary N) is 1. The van der Waals surface area contributed by atoms with Gasteiger partial charge in [-0.15, -0.1) is 11.3 Å². The van der Waals surface area contributed by atoms with E-state index in [0.29, 0.717) is 6.54 Å². The van der Waals surface area contributed by atoms with Gasteiger partial charge < -0.3 is 10.1 Å². The molecule has 0 unspecified atom stereocenters. The van der Waals surface area contributed by atoms with Gasteiger partial charge in [-0.3, -0.25) is 4.79 Å². The van der Waals surface area contributed by atoms with E-state index in [1.807, 2.05) is 0 Å². The number of hydrogen-bond acceptors (Lipinski definition) is 3. The van der Waals surface area contributed by atoms with Crippen LogP contribution in [0.3, 0.4) is 0 Å². The van der Waals surface area contributed by atoms with Crippen LogP contribution in [0, 0.1) is 11.7 Å². The van der Waals surface area contributed by atoms with Crippen molar-refractivity contribution in [2.24, 2.45) is 5.92 Å². The molecule has 1 amide bonds. The maximum Gasteiger partial charge on any atom is 0.223 e. The van der Waals surface area contributed by atoms with Crippen molar-refractivity contribution in [1.82, 2.24) is 5.32 Å². The molecule has 1 saturated carbocycles. The van der Waals surface area contributed by atoms with E-state index in [4.69, 9.17) is 4.74 Å². The van der Waals surface area contributed by atoms with Crippen LogP contribution in [0.15, 0.2) is 35.7 Å². The molecule has 23 heavy (non-hydrogen) atoms. The third-order valence-electron chi connectivity index (χ3n) is 4.66. The Morgan fingerprint density at radius 2 is 2.13 bits per heavy atom. The van der Waals surface area contributed by atoms with E-state index in [-0.39, 0.29) is 29.7 Å². The number of thiophene rings is 1. The molecule has 2 aliphatic rings. The number of carbonyl (C=O) groups excluding carboxylic acids is 1. The van der Waals surface area contributed by atoms with Crippen LogP contribution in [0.2, 0.25) is 0 Å². The van der Waals surface area contributed by atoms with Crippen molar-refractivity contribution in [1.29, 1.82) is 0 Å². The van der Waals surface area contributed by atoms with Crippen LogP contribution in [0.5, 0.6) is 0 Å². The molecule has 120 valence electrons. The Labute approximate surface area is 138 Å². The maximum atomic E-state index is 13.0. The molecule has 4 rings (SSSR count). The summed E-state index contributed by atoms with van der Waals surface area (Å²) in [4.78, 5) is 13.7. The van der Waals surface area contributed by atoms with E-state index in [9.17, 15) is 9.18 Å². The predicted molar refractivity (Wildman–Crippen MR) is 87.0 cm³/mol. The molecule has 0 radical (unpaired) electrons. The number of ether oxygens (including phenoxy) is 1. The molecule has 3 atom stereocenters. The van der Waals surface area contributed by atoms with Crippen molar-refractivity contribution in [3.8, 4) is 0 Å². The van der Waals surface area contributed by atoms with E-state index >= 15 is 0 Å². The molecule has 1 aliphatic carbocycles. The number of amides is 1. The average molecular weight is 331 g/mol. The third-order valence-corrected chi connectivity index (χ3v) is 5.66. The Morgan fingerprint density at radius 3 is 2.96 bits per heavy atom. The van der Waals surface area contributed by atoms with Crippen LogP contribution in [-0.4, -0.2) is 19.1 Å². The number of fused-ring (bicyclic) bond motifs is 1. The van der Waals surface area contributed by atoms with Gasteiger partial charge in [-0.25, -0.2) is 4.39 Å². The zero-order valence-corrected chi connectivity index (χ0v) is 13.4. The number of rotatable bonds is 4. The van der Waals surface area contributed by atoms with Gasteiger partial charge >= 0.3 is 0 Å². The monoisotopic (exact) mass is 331 g/mol. The Balaban J connectivity index is 1.33.